The van der Waals surface area contributed by atoms with Gasteiger partial charge in [-0.15, -0.1) is 0 Å². The van der Waals surface area contributed by atoms with Crippen molar-refractivity contribution < 1.29 is 9.59 Å². The van der Waals surface area contributed by atoms with E-state index in [1.807, 2.05) is 19.2 Å². The van der Waals surface area contributed by atoms with E-state index in [0.29, 0.717) is 22.0 Å². The standard InChI is InChI=1S/C24H19Cl3N4O2/c1-31-9-8-28-23(31)15-4-2-14(3-5-15)21(32)12-18-19(10-17(26)11-20(18)27)24(33)30-22-7-6-16(25)13-29-22/h2-7,10-11,13H,8-9,12H2,1H3,(H,29,30,33). The number of anilines is 1. The van der Waals surface area contributed by atoms with Crippen LogP contribution in [0.25, 0.3) is 0 Å². The predicted molar refractivity (Wildman–Crippen MR) is 132 cm³/mol. The molecule has 1 amide bonds. The molecule has 0 fully saturated rings. The molecule has 6 nitrogen and oxygen atoms in total. The van der Waals surface area contributed by atoms with Gasteiger partial charge in [0.15, 0.2) is 5.78 Å². The number of hydrogen-bond donors (Lipinski definition) is 1. The average molecular weight is 502 g/mol. The first-order valence-corrected chi connectivity index (χ1v) is 11.3. The fourth-order valence-corrected chi connectivity index (χ4v) is 4.20. The van der Waals surface area contributed by atoms with Gasteiger partial charge in [-0.1, -0.05) is 59.1 Å². The summed E-state index contributed by atoms with van der Waals surface area (Å²) in [5.74, 6) is 0.568. The van der Waals surface area contributed by atoms with Crippen molar-refractivity contribution in [3.8, 4) is 0 Å². The minimum atomic E-state index is -0.477. The van der Waals surface area contributed by atoms with Crippen molar-refractivity contribution in [2.24, 2.45) is 4.99 Å². The van der Waals surface area contributed by atoms with Crippen molar-refractivity contribution in [3.05, 3.63) is 92.0 Å². The van der Waals surface area contributed by atoms with Gasteiger partial charge in [0.25, 0.3) is 5.91 Å². The second-order valence-electron chi connectivity index (χ2n) is 7.53. The molecular weight excluding hydrogens is 483 g/mol. The number of amidine groups is 1. The number of aromatic nitrogens is 1. The third-order valence-corrected chi connectivity index (χ3v) is 6.01. The molecule has 0 spiro atoms. The summed E-state index contributed by atoms with van der Waals surface area (Å²) in [6, 6.07) is 13.4. The Morgan fingerprint density at radius 3 is 2.42 bits per heavy atom. The van der Waals surface area contributed by atoms with Crippen molar-refractivity contribution in [1.82, 2.24) is 9.88 Å². The lowest BCUT2D eigenvalue weighted by Gasteiger charge is -2.14. The van der Waals surface area contributed by atoms with Gasteiger partial charge in [0.2, 0.25) is 0 Å². The molecule has 9 heteroatoms. The third-order valence-electron chi connectivity index (χ3n) is 5.23. The largest absolute Gasteiger partial charge is 0.358 e. The molecule has 4 rings (SSSR count). The van der Waals surface area contributed by atoms with Gasteiger partial charge in [0, 0.05) is 52.9 Å². The average Bonchev–Trinajstić information content (AvgIpc) is 3.22. The zero-order valence-corrected chi connectivity index (χ0v) is 19.9. The lowest BCUT2D eigenvalue weighted by Crippen LogP contribution is -2.23. The third kappa shape index (κ3) is 5.36. The Bertz CT molecular complexity index is 1240. The summed E-state index contributed by atoms with van der Waals surface area (Å²) < 4.78 is 0. The molecule has 2 heterocycles. The van der Waals surface area contributed by atoms with E-state index >= 15 is 0 Å². The number of likely N-dealkylation sites (N-methyl/N-ethyl adjacent to an activating group) is 1. The van der Waals surface area contributed by atoms with Crippen LogP contribution in [-0.2, 0) is 6.42 Å². The fourth-order valence-electron chi connectivity index (χ4n) is 3.53. The number of ketones is 1. The van der Waals surface area contributed by atoms with Gasteiger partial charge in [0.1, 0.15) is 11.7 Å². The SMILES string of the molecule is CN1CCN=C1c1ccc(C(=O)Cc2c(Cl)cc(Cl)cc2C(=O)Nc2ccc(Cl)cn2)cc1. The van der Waals surface area contributed by atoms with Crippen LogP contribution in [0.4, 0.5) is 5.82 Å². The molecule has 168 valence electrons. The number of aliphatic imine (C=N–C) groups is 1. The van der Waals surface area contributed by atoms with E-state index in [0.717, 1.165) is 24.5 Å². The zero-order valence-electron chi connectivity index (χ0n) is 17.6. The number of amides is 1. The molecule has 0 atom stereocenters. The van der Waals surface area contributed by atoms with Crippen LogP contribution in [0.15, 0.2) is 59.7 Å². The Hall–Kier alpha value is -2.93. The maximum Gasteiger partial charge on any atom is 0.257 e. The molecule has 0 unspecified atom stereocenters. The Balaban J connectivity index is 1.56. The van der Waals surface area contributed by atoms with Gasteiger partial charge >= 0.3 is 0 Å². The molecule has 0 aliphatic carbocycles. The highest BCUT2D eigenvalue weighted by Gasteiger charge is 2.20. The van der Waals surface area contributed by atoms with Crippen molar-refractivity contribution >= 4 is 58.1 Å². The number of benzene rings is 2. The monoisotopic (exact) mass is 500 g/mol. The minimum Gasteiger partial charge on any atom is -0.358 e. The number of Topliss-reactive ketones (excluding diaryl/α,β-unsaturated/α-hetero) is 1. The van der Waals surface area contributed by atoms with Crippen molar-refractivity contribution in [2.75, 3.05) is 25.5 Å². The van der Waals surface area contributed by atoms with Crippen LogP contribution >= 0.6 is 34.8 Å². The van der Waals surface area contributed by atoms with Gasteiger partial charge in [-0.25, -0.2) is 4.98 Å². The van der Waals surface area contributed by atoms with Crippen LogP contribution in [0.3, 0.4) is 0 Å². The van der Waals surface area contributed by atoms with Gasteiger partial charge in [0.05, 0.1) is 11.6 Å². The van der Waals surface area contributed by atoms with E-state index < -0.39 is 5.91 Å². The molecule has 0 saturated carbocycles. The number of carbonyl (C=O) groups is 2. The fraction of sp³-hybridized carbons (Fsp3) is 0.167. The number of halogens is 3. The number of rotatable bonds is 6. The highest BCUT2D eigenvalue weighted by molar-refractivity contribution is 6.36. The number of nitrogens with zero attached hydrogens (tertiary/aromatic N) is 3. The molecule has 1 aliphatic rings. The second-order valence-corrected chi connectivity index (χ2v) is 8.81. The van der Waals surface area contributed by atoms with Gasteiger partial charge in [-0.3, -0.25) is 14.6 Å². The molecule has 0 radical (unpaired) electrons. The number of carbonyl (C=O) groups excluding carboxylic acids is 2. The Morgan fingerprint density at radius 1 is 1.03 bits per heavy atom. The summed E-state index contributed by atoms with van der Waals surface area (Å²) in [5, 5.41) is 3.66. The van der Waals surface area contributed by atoms with Crippen LogP contribution < -0.4 is 5.32 Å². The minimum absolute atomic E-state index is 0.0625. The van der Waals surface area contributed by atoms with Gasteiger partial charge in [-0.2, -0.15) is 0 Å². The van der Waals surface area contributed by atoms with E-state index in [1.54, 1.807) is 24.3 Å². The van der Waals surface area contributed by atoms with Crippen LogP contribution in [-0.4, -0.2) is 47.5 Å². The van der Waals surface area contributed by atoms with E-state index in [4.69, 9.17) is 34.8 Å². The van der Waals surface area contributed by atoms with E-state index in [-0.39, 0.29) is 27.8 Å². The van der Waals surface area contributed by atoms with Crippen molar-refractivity contribution in [1.29, 1.82) is 0 Å². The van der Waals surface area contributed by atoms with Crippen molar-refractivity contribution in [2.45, 2.75) is 6.42 Å². The topological polar surface area (TPSA) is 74.7 Å². The summed E-state index contributed by atoms with van der Waals surface area (Å²) in [6.07, 6.45) is 1.36. The molecule has 3 aromatic rings. The predicted octanol–water partition coefficient (Wildman–Crippen LogP) is 5.41. The number of pyridine rings is 1. The molecule has 1 N–H and O–H groups in total. The first-order valence-electron chi connectivity index (χ1n) is 10.1. The highest BCUT2D eigenvalue weighted by atomic mass is 35.5. The Labute approximate surface area is 206 Å². The van der Waals surface area contributed by atoms with Crippen LogP contribution in [0.5, 0.6) is 0 Å². The molecule has 0 saturated heterocycles. The lowest BCUT2D eigenvalue weighted by atomic mass is 9.97. The van der Waals surface area contributed by atoms with Crippen molar-refractivity contribution in [3.63, 3.8) is 0 Å². The summed E-state index contributed by atoms with van der Waals surface area (Å²) in [6.45, 7) is 1.64. The number of hydrogen-bond acceptors (Lipinski definition) is 5. The lowest BCUT2D eigenvalue weighted by molar-refractivity contribution is 0.0992. The first kappa shape index (κ1) is 23.2. The van der Waals surface area contributed by atoms with E-state index in [2.05, 4.69) is 20.2 Å². The van der Waals surface area contributed by atoms with E-state index in [9.17, 15) is 9.59 Å². The summed E-state index contributed by atoms with van der Waals surface area (Å²) in [4.78, 5) is 36.6. The summed E-state index contributed by atoms with van der Waals surface area (Å²) in [7, 11) is 1.99. The number of nitrogens with one attached hydrogen (secondary N) is 1. The first-order chi connectivity index (χ1) is 15.8. The maximum atomic E-state index is 13.0. The molecule has 1 aromatic heterocycles. The van der Waals surface area contributed by atoms with Crippen LogP contribution in [0.2, 0.25) is 15.1 Å². The molecule has 0 bridgehead atoms. The van der Waals surface area contributed by atoms with E-state index in [1.165, 1.54) is 18.3 Å². The molecular formula is C24H19Cl3N4O2. The van der Waals surface area contributed by atoms with Gasteiger partial charge < -0.3 is 10.2 Å². The van der Waals surface area contributed by atoms with Crippen LogP contribution in [0.1, 0.15) is 31.8 Å². The molecule has 33 heavy (non-hydrogen) atoms. The molecule has 2 aromatic carbocycles. The normalized spacial score (nSPS) is 13.1. The quantitative estimate of drug-likeness (QED) is 0.458. The smallest absolute Gasteiger partial charge is 0.257 e. The highest BCUT2D eigenvalue weighted by Crippen LogP contribution is 2.28. The maximum absolute atomic E-state index is 13.0. The Kier molecular flexibility index (Phi) is 6.98. The zero-order chi connectivity index (χ0) is 23.5. The second kappa shape index (κ2) is 9.91. The molecule has 1 aliphatic heterocycles. The van der Waals surface area contributed by atoms with Gasteiger partial charge in [-0.05, 0) is 29.8 Å². The summed E-state index contributed by atoms with van der Waals surface area (Å²) in [5.41, 5.74) is 2.06. The summed E-state index contributed by atoms with van der Waals surface area (Å²) >= 11 is 18.4. The van der Waals surface area contributed by atoms with Crippen LogP contribution in [0, 0.1) is 0 Å². The Morgan fingerprint density at radius 2 is 1.79 bits per heavy atom.